The number of benzene rings is 2. The molecule has 7 nitrogen and oxygen atoms in total. The number of anilines is 1. The molecule has 2 aromatic rings. The Morgan fingerprint density at radius 2 is 1.63 bits per heavy atom. The Hall–Kier alpha value is -2.29. The van der Waals surface area contributed by atoms with Gasteiger partial charge in [0.05, 0.1) is 11.9 Å². The monoisotopic (exact) mass is 581 g/mol. The number of nitrogens with one attached hydrogen (secondary N) is 1. The van der Waals surface area contributed by atoms with Crippen LogP contribution in [0.3, 0.4) is 0 Å². The minimum Gasteiger partial charge on any atom is -0.352 e. The lowest BCUT2D eigenvalue weighted by molar-refractivity contribution is -0.140. The largest absolute Gasteiger partial charge is 0.352 e. The third-order valence-corrected chi connectivity index (χ3v) is 8.81. The van der Waals surface area contributed by atoms with Crippen molar-refractivity contribution in [3.8, 4) is 0 Å². The number of carbonyl (C=O) groups is 2. The Balaban J connectivity index is 1.77. The van der Waals surface area contributed by atoms with Gasteiger partial charge in [-0.05, 0) is 75.4 Å². The standard InChI is InChI=1S/C28H37Cl2N3O4S/c1-19-15-20(2)17-23(16-19)33(38(4,36)37)14-8-13-27(34)32(18-24-25(29)11-7-12-26(24)30)21(3)28(35)31-22-9-5-6-10-22/h7,11-12,15-17,21-22H,5-6,8-10,13-14,18H2,1-4H3,(H,31,35). The van der Waals surface area contributed by atoms with Crippen molar-refractivity contribution in [2.75, 3.05) is 17.1 Å². The first-order valence-corrected chi connectivity index (χ1v) is 15.6. The summed E-state index contributed by atoms with van der Waals surface area (Å²) in [5.74, 6) is -0.495. The Kier molecular flexibility index (Phi) is 10.5. The van der Waals surface area contributed by atoms with Crippen molar-refractivity contribution in [2.45, 2.75) is 77.9 Å². The molecule has 0 aromatic heterocycles. The number of hydrogen-bond donors (Lipinski definition) is 1. The van der Waals surface area contributed by atoms with Crippen molar-refractivity contribution in [3.63, 3.8) is 0 Å². The van der Waals surface area contributed by atoms with E-state index in [4.69, 9.17) is 23.2 Å². The van der Waals surface area contributed by atoms with Gasteiger partial charge in [-0.3, -0.25) is 13.9 Å². The lowest BCUT2D eigenvalue weighted by atomic mass is 10.1. The first kappa shape index (κ1) is 30.3. The first-order valence-electron chi connectivity index (χ1n) is 13.0. The molecule has 2 amide bonds. The fraction of sp³-hybridized carbons (Fsp3) is 0.500. The predicted octanol–water partition coefficient (Wildman–Crippen LogP) is 5.63. The van der Waals surface area contributed by atoms with Crippen LogP contribution in [-0.4, -0.2) is 50.0 Å². The molecule has 38 heavy (non-hydrogen) atoms. The number of hydrogen-bond acceptors (Lipinski definition) is 4. The second-order valence-electron chi connectivity index (χ2n) is 10.2. The third kappa shape index (κ3) is 8.10. The van der Waals surface area contributed by atoms with Crippen LogP contribution in [0.5, 0.6) is 0 Å². The Morgan fingerprint density at radius 3 is 2.18 bits per heavy atom. The fourth-order valence-electron chi connectivity index (χ4n) is 4.93. The van der Waals surface area contributed by atoms with Gasteiger partial charge >= 0.3 is 0 Å². The van der Waals surface area contributed by atoms with E-state index in [-0.39, 0.29) is 43.8 Å². The summed E-state index contributed by atoms with van der Waals surface area (Å²) in [4.78, 5) is 28.1. The van der Waals surface area contributed by atoms with Crippen LogP contribution in [0.25, 0.3) is 0 Å². The SMILES string of the molecule is Cc1cc(C)cc(N(CCCC(=O)N(Cc2c(Cl)cccc2Cl)C(C)C(=O)NC2CCCC2)S(C)(=O)=O)c1. The van der Waals surface area contributed by atoms with Gasteiger partial charge in [0.25, 0.3) is 0 Å². The van der Waals surface area contributed by atoms with Crippen LogP contribution in [0.1, 0.15) is 62.1 Å². The molecule has 1 aliphatic rings. The Bertz CT molecular complexity index is 1220. The Labute approximate surface area is 236 Å². The first-order chi connectivity index (χ1) is 17.9. The molecule has 0 bridgehead atoms. The third-order valence-electron chi connectivity index (χ3n) is 6.91. The summed E-state index contributed by atoms with van der Waals surface area (Å²) in [6, 6.07) is 10.1. The van der Waals surface area contributed by atoms with Crippen LogP contribution < -0.4 is 9.62 Å². The molecule has 0 aliphatic heterocycles. The number of nitrogens with zero attached hydrogens (tertiary/aromatic N) is 2. The minimum absolute atomic E-state index is 0.0555. The molecule has 1 aliphatic carbocycles. The van der Waals surface area contributed by atoms with E-state index in [1.54, 1.807) is 25.1 Å². The van der Waals surface area contributed by atoms with Gasteiger partial charge in [-0.1, -0.05) is 48.2 Å². The molecule has 1 fully saturated rings. The van der Waals surface area contributed by atoms with Crippen LogP contribution in [0.2, 0.25) is 10.0 Å². The highest BCUT2D eigenvalue weighted by molar-refractivity contribution is 7.92. The molecule has 0 heterocycles. The van der Waals surface area contributed by atoms with Gasteiger partial charge in [0, 0.05) is 41.2 Å². The van der Waals surface area contributed by atoms with E-state index in [2.05, 4.69) is 5.32 Å². The van der Waals surface area contributed by atoms with Crippen molar-refractivity contribution >= 4 is 50.7 Å². The number of carbonyl (C=O) groups excluding carboxylic acids is 2. The number of halogens is 2. The highest BCUT2D eigenvalue weighted by Gasteiger charge is 2.29. The molecule has 1 unspecified atom stereocenters. The van der Waals surface area contributed by atoms with E-state index in [1.807, 2.05) is 32.0 Å². The maximum atomic E-state index is 13.5. The maximum Gasteiger partial charge on any atom is 0.242 e. The summed E-state index contributed by atoms with van der Waals surface area (Å²) in [7, 11) is -3.56. The van der Waals surface area contributed by atoms with Crippen LogP contribution in [0.4, 0.5) is 5.69 Å². The number of amides is 2. The molecule has 2 aromatic carbocycles. The smallest absolute Gasteiger partial charge is 0.242 e. The van der Waals surface area contributed by atoms with Gasteiger partial charge in [-0.25, -0.2) is 8.42 Å². The molecule has 0 saturated heterocycles. The average Bonchev–Trinajstić information content (AvgIpc) is 3.32. The summed E-state index contributed by atoms with van der Waals surface area (Å²) < 4.78 is 26.5. The quantitative estimate of drug-likeness (QED) is 0.372. The molecular weight excluding hydrogens is 545 g/mol. The molecule has 1 saturated carbocycles. The van der Waals surface area contributed by atoms with Crippen molar-refractivity contribution in [3.05, 3.63) is 63.1 Å². The number of sulfonamides is 1. The van der Waals surface area contributed by atoms with Gasteiger partial charge in [-0.15, -0.1) is 0 Å². The van der Waals surface area contributed by atoms with E-state index >= 15 is 0 Å². The summed E-state index contributed by atoms with van der Waals surface area (Å²) >= 11 is 12.8. The average molecular weight is 583 g/mol. The van der Waals surface area contributed by atoms with Crippen LogP contribution in [0.15, 0.2) is 36.4 Å². The van der Waals surface area contributed by atoms with Gasteiger partial charge in [-0.2, -0.15) is 0 Å². The van der Waals surface area contributed by atoms with Crippen molar-refractivity contribution < 1.29 is 18.0 Å². The van der Waals surface area contributed by atoms with Crippen LogP contribution >= 0.6 is 23.2 Å². The number of aryl methyl sites for hydroxylation is 2. The van der Waals surface area contributed by atoms with Gasteiger partial charge in [0.2, 0.25) is 21.8 Å². The Morgan fingerprint density at radius 1 is 1.05 bits per heavy atom. The van der Waals surface area contributed by atoms with E-state index in [9.17, 15) is 18.0 Å². The molecule has 1 N–H and O–H groups in total. The van der Waals surface area contributed by atoms with Gasteiger partial charge < -0.3 is 10.2 Å². The minimum atomic E-state index is -3.56. The van der Waals surface area contributed by atoms with E-state index in [0.29, 0.717) is 21.3 Å². The zero-order valence-corrected chi connectivity index (χ0v) is 24.8. The molecule has 1 atom stereocenters. The van der Waals surface area contributed by atoms with E-state index in [0.717, 1.165) is 43.1 Å². The molecular formula is C28H37Cl2N3O4S. The lowest BCUT2D eigenvalue weighted by Gasteiger charge is -2.31. The van der Waals surface area contributed by atoms with Crippen molar-refractivity contribution in [1.82, 2.24) is 10.2 Å². The number of rotatable bonds is 11. The topological polar surface area (TPSA) is 86.8 Å². The highest BCUT2D eigenvalue weighted by atomic mass is 35.5. The molecule has 10 heteroatoms. The zero-order valence-electron chi connectivity index (χ0n) is 22.5. The highest BCUT2D eigenvalue weighted by Crippen LogP contribution is 2.28. The summed E-state index contributed by atoms with van der Waals surface area (Å²) in [6.45, 7) is 5.73. The maximum absolute atomic E-state index is 13.5. The van der Waals surface area contributed by atoms with E-state index < -0.39 is 16.1 Å². The van der Waals surface area contributed by atoms with E-state index in [1.165, 1.54) is 9.21 Å². The summed E-state index contributed by atoms with van der Waals surface area (Å²) in [5.41, 5.74) is 3.04. The summed E-state index contributed by atoms with van der Waals surface area (Å²) in [6.07, 6.45) is 5.52. The van der Waals surface area contributed by atoms with Crippen LogP contribution in [0, 0.1) is 13.8 Å². The summed E-state index contributed by atoms with van der Waals surface area (Å²) in [5, 5.41) is 3.90. The molecule has 208 valence electrons. The fourth-order valence-corrected chi connectivity index (χ4v) is 6.39. The second kappa shape index (κ2) is 13.2. The van der Waals surface area contributed by atoms with Gasteiger partial charge in [0.1, 0.15) is 6.04 Å². The second-order valence-corrected chi connectivity index (χ2v) is 12.9. The molecule has 3 rings (SSSR count). The lowest BCUT2D eigenvalue weighted by Crippen LogP contribution is -2.49. The van der Waals surface area contributed by atoms with Crippen molar-refractivity contribution in [1.29, 1.82) is 0 Å². The normalized spacial score (nSPS) is 14.8. The molecule has 0 spiro atoms. The molecule has 0 radical (unpaired) electrons. The van der Waals surface area contributed by atoms with Gasteiger partial charge in [0.15, 0.2) is 0 Å². The van der Waals surface area contributed by atoms with Crippen molar-refractivity contribution in [2.24, 2.45) is 0 Å². The predicted molar refractivity (Wildman–Crippen MR) is 154 cm³/mol. The zero-order chi connectivity index (χ0) is 28.0. The van der Waals surface area contributed by atoms with Crippen LogP contribution in [-0.2, 0) is 26.2 Å².